The number of nitrogens with one attached hydrogen (secondary N) is 1. The van der Waals surface area contributed by atoms with E-state index in [1.54, 1.807) is 0 Å². The van der Waals surface area contributed by atoms with Crippen molar-refractivity contribution in [1.29, 1.82) is 0 Å². The molecule has 0 aromatic carbocycles. The van der Waals surface area contributed by atoms with E-state index in [4.69, 9.17) is 0 Å². The van der Waals surface area contributed by atoms with Gasteiger partial charge in [-0.15, -0.1) is 0 Å². The quantitative estimate of drug-likeness (QED) is 0.798. The van der Waals surface area contributed by atoms with Gasteiger partial charge in [-0.25, -0.2) is 4.98 Å². The number of hydrogen-bond donors (Lipinski definition) is 1. The van der Waals surface area contributed by atoms with Gasteiger partial charge in [0.2, 0.25) is 5.95 Å². The summed E-state index contributed by atoms with van der Waals surface area (Å²) in [6.07, 6.45) is 7.57. The van der Waals surface area contributed by atoms with E-state index in [0.29, 0.717) is 6.04 Å². The Labute approximate surface area is 98.3 Å². The van der Waals surface area contributed by atoms with E-state index >= 15 is 0 Å². The van der Waals surface area contributed by atoms with Crippen molar-refractivity contribution in [3.8, 4) is 0 Å². The molecule has 1 fully saturated rings. The highest BCUT2D eigenvalue weighted by atomic mass is 15.2. The van der Waals surface area contributed by atoms with Crippen LogP contribution in [0.4, 0.5) is 5.95 Å². The van der Waals surface area contributed by atoms with Gasteiger partial charge in [0.1, 0.15) is 0 Å². The van der Waals surface area contributed by atoms with E-state index in [-0.39, 0.29) is 0 Å². The monoisotopic (exact) mass is 221 g/mol. The first-order chi connectivity index (χ1) is 7.74. The first-order valence-corrected chi connectivity index (χ1v) is 6.53. The number of hydrogen-bond acceptors (Lipinski definition) is 2. The normalized spacial score (nSPS) is 17.4. The maximum Gasteiger partial charge on any atom is 0.203 e. The highest BCUT2D eigenvalue weighted by molar-refractivity contribution is 5.29. The van der Waals surface area contributed by atoms with E-state index in [1.165, 1.54) is 25.7 Å². The summed E-state index contributed by atoms with van der Waals surface area (Å²) in [5, 5.41) is 3.36. The minimum Gasteiger partial charge on any atom is -0.356 e. The maximum atomic E-state index is 4.55. The summed E-state index contributed by atoms with van der Waals surface area (Å²) in [5.41, 5.74) is 1.12. The molecule has 1 N–H and O–H groups in total. The molecule has 3 nitrogen and oxygen atoms in total. The van der Waals surface area contributed by atoms with Crippen LogP contribution < -0.4 is 5.32 Å². The number of imidazole rings is 1. The highest BCUT2D eigenvalue weighted by Crippen LogP contribution is 2.38. The molecule has 1 aromatic heterocycles. The van der Waals surface area contributed by atoms with Crippen LogP contribution in [-0.4, -0.2) is 16.1 Å². The zero-order chi connectivity index (χ0) is 11.5. The van der Waals surface area contributed by atoms with Crippen molar-refractivity contribution >= 4 is 5.95 Å². The fourth-order valence-electron chi connectivity index (χ4n) is 2.30. The van der Waals surface area contributed by atoms with Crippen molar-refractivity contribution in [3.63, 3.8) is 0 Å². The summed E-state index contributed by atoms with van der Waals surface area (Å²) in [5.74, 6) is 2.02. The molecule has 0 radical (unpaired) electrons. The van der Waals surface area contributed by atoms with Gasteiger partial charge < -0.3 is 9.88 Å². The largest absolute Gasteiger partial charge is 0.356 e. The molecule has 1 heterocycles. The lowest BCUT2D eigenvalue weighted by Crippen LogP contribution is -2.12. The molecule has 1 unspecified atom stereocenters. The standard InChI is InChI=1S/C13H23N3/c1-4-12(8-11-6-7-11)16-9-10(3)15-13(16)14-5-2/h9,11-12H,4-8H2,1-3H3,(H,14,15). The van der Waals surface area contributed by atoms with Gasteiger partial charge >= 0.3 is 0 Å². The van der Waals surface area contributed by atoms with Gasteiger partial charge in [-0.1, -0.05) is 19.8 Å². The van der Waals surface area contributed by atoms with Gasteiger partial charge in [0.15, 0.2) is 0 Å². The number of rotatable bonds is 6. The zero-order valence-corrected chi connectivity index (χ0v) is 10.7. The van der Waals surface area contributed by atoms with Crippen molar-refractivity contribution in [2.45, 2.75) is 52.5 Å². The van der Waals surface area contributed by atoms with Gasteiger partial charge in [0.05, 0.1) is 5.69 Å². The predicted octanol–water partition coefficient (Wildman–Crippen LogP) is 3.37. The Morgan fingerprint density at radius 2 is 2.25 bits per heavy atom. The molecule has 1 atom stereocenters. The van der Waals surface area contributed by atoms with Crippen molar-refractivity contribution in [3.05, 3.63) is 11.9 Å². The number of nitrogens with zero attached hydrogens (tertiary/aromatic N) is 2. The molecule has 1 aliphatic rings. The Morgan fingerprint density at radius 3 is 2.81 bits per heavy atom. The minimum absolute atomic E-state index is 0.628. The molecule has 90 valence electrons. The number of aryl methyl sites for hydroxylation is 1. The fraction of sp³-hybridized carbons (Fsp3) is 0.769. The smallest absolute Gasteiger partial charge is 0.203 e. The van der Waals surface area contributed by atoms with Crippen LogP contribution in [-0.2, 0) is 0 Å². The molecule has 0 aliphatic heterocycles. The molecule has 0 amide bonds. The topological polar surface area (TPSA) is 29.9 Å². The van der Waals surface area contributed by atoms with Gasteiger partial charge in [-0.05, 0) is 32.6 Å². The average molecular weight is 221 g/mol. The summed E-state index contributed by atoms with van der Waals surface area (Å²) >= 11 is 0. The van der Waals surface area contributed by atoms with Crippen LogP contribution >= 0.6 is 0 Å². The van der Waals surface area contributed by atoms with Crippen LogP contribution in [0.2, 0.25) is 0 Å². The van der Waals surface area contributed by atoms with E-state index in [2.05, 4.69) is 41.8 Å². The summed E-state index contributed by atoms with van der Waals surface area (Å²) in [4.78, 5) is 4.55. The first-order valence-electron chi connectivity index (χ1n) is 6.53. The van der Waals surface area contributed by atoms with E-state index in [0.717, 1.165) is 24.1 Å². The Hall–Kier alpha value is -0.990. The summed E-state index contributed by atoms with van der Waals surface area (Å²) in [6.45, 7) is 7.41. The van der Waals surface area contributed by atoms with Crippen molar-refractivity contribution < 1.29 is 0 Å². The van der Waals surface area contributed by atoms with Crippen molar-refractivity contribution in [2.75, 3.05) is 11.9 Å². The van der Waals surface area contributed by atoms with Crippen molar-refractivity contribution in [1.82, 2.24) is 9.55 Å². The molecule has 1 saturated carbocycles. The second kappa shape index (κ2) is 4.89. The second-order valence-corrected chi connectivity index (χ2v) is 4.88. The lowest BCUT2D eigenvalue weighted by Gasteiger charge is -2.19. The van der Waals surface area contributed by atoms with E-state index in [1.807, 2.05) is 0 Å². The number of aromatic nitrogens is 2. The van der Waals surface area contributed by atoms with Gasteiger partial charge in [0.25, 0.3) is 0 Å². The molecule has 2 rings (SSSR count). The molecule has 0 saturated heterocycles. The van der Waals surface area contributed by atoms with Gasteiger partial charge in [-0.3, -0.25) is 0 Å². The van der Waals surface area contributed by atoms with Gasteiger partial charge in [0, 0.05) is 18.8 Å². The molecular weight excluding hydrogens is 198 g/mol. The van der Waals surface area contributed by atoms with Crippen LogP contribution in [0.1, 0.15) is 51.3 Å². The van der Waals surface area contributed by atoms with Crippen LogP contribution in [0, 0.1) is 12.8 Å². The van der Waals surface area contributed by atoms with Crippen molar-refractivity contribution in [2.24, 2.45) is 5.92 Å². The van der Waals surface area contributed by atoms with Crippen LogP contribution in [0.15, 0.2) is 6.20 Å². The van der Waals surface area contributed by atoms with Crippen LogP contribution in [0.25, 0.3) is 0 Å². The molecular formula is C13H23N3. The molecule has 0 bridgehead atoms. The zero-order valence-electron chi connectivity index (χ0n) is 10.7. The highest BCUT2D eigenvalue weighted by Gasteiger charge is 2.26. The maximum absolute atomic E-state index is 4.55. The Bertz CT molecular complexity index is 339. The third kappa shape index (κ3) is 2.57. The summed E-state index contributed by atoms with van der Waals surface area (Å²) in [6, 6.07) is 0.628. The Morgan fingerprint density at radius 1 is 1.50 bits per heavy atom. The fourth-order valence-corrected chi connectivity index (χ4v) is 2.30. The Kier molecular flexibility index (Phi) is 3.52. The van der Waals surface area contributed by atoms with E-state index in [9.17, 15) is 0 Å². The average Bonchev–Trinajstić information content (AvgIpc) is 3.00. The molecule has 16 heavy (non-hydrogen) atoms. The lowest BCUT2D eigenvalue weighted by molar-refractivity contribution is 0.432. The second-order valence-electron chi connectivity index (χ2n) is 4.88. The third-order valence-electron chi connectivity index (χ3n) is 3.35. The SMILES string of the molecule is CCNc1nc(C)cn1C(CC)CC1CC1. The molecule has 3 heteroatoms. The van der Waals surface area contributed by atoms with Crippen LogP contribution in [0.5, 0.6) is 0 Å². The van der Waals surface area contributed by atoms with Crippen LogP contribution in [0.3, 0.4) is 0 Å². The van der Waals surface area contributed by atoms with Gasteiger partial charge in [-0.2, -0.15) is 0 Å². The van der Waals surface area contributed by atoms with E-state index < -0.39 is 0 Å². The lowest BCUT2D eigenvalue weighted by atomic mass is 10.1. The minimum atomic E-state index is 0.628. The Balaban J connectivity index is 2.13. The summed E-state index contributed by atoms with van der Waals surface area (Å²) in [7, 11) is 0. The molecule has 0 spiro atoms. The first kappa shape index (κ1) is 11.5. The summed E-state index contributed by atoms with van der Waals surface area (Å²) < 4.78 is 2.34. The third-order valence-corrected chi connectivity index (χ3v) is 3.35. The molecule has 1 aromatic rings. The molecule has 1 aliphatic carbocycles. The number of anilines is 1. The predicted molar refractivity (Wildman–Crippen MR) is 67.8 cm³/mol.